The lowest BCUT2D eigenvalue weighted by Gasteiger charge is -2.14. The Morgan fingerprint density at radius 1 is 1.37 bits per heavy atom. The number of anilines is 2. The molecule has 2 heterocycles. The van der Waals surface area contributed by atoms with Crippen LogP contribution in [0, 0.1) is 5.92 Å². The van der Waals surface area contributed by atoms with Gasteiger partial charge in [0.2, 0.25) is 0 Å². The van der Waals surface area contributed by atoms with Crippen LogP contribution >= 0.6 is 11.8 Å². The van der Waals surface area contributed by atoms with E-state index < -0.39 is 11.7 Å². The molecular weight excluding hydrogens is 277 g/mol. The van der Waals surface area contributed by atoms with Gasteiger partial charge in [0.25, 0.3) is 0 Å². The number of hydrogen-bond acceptors (Lipinski definition) is 5. The molecule has 0 aromatic carbocycles. The average Bonchev–Trinajstić information content (AvgIpc) is 2.88. The van der Waals surface area contributed by atoms with Gasteiger partial charge in [0, 0.05) is 6.54 Å². The maximum atomic E-state index is 12.7. The summed E-state index contributed by atoms with van der Waals surface area (Å²) in [6.45, 7) is 0.630. The van der Waals surface area contributed by atoms with Crippen molar-refractivity contribution in [2.24, 2.45) is 11.8 Å². The van der Waals surface area contributed by atoms with Gasteiger partial charge >= 0.3 is 6.18 Å². The van der Waals surface area contributed by atoms with Crippen molar-refractivity contribution in [2.45, 2.75) is 12.6 Å². The summed E-state index contributed by atoms with van der Waals surface area (Å²) < 4.78 is 38.1. The minimum Gasteiger partial charge on any atom is -0.370 e. The Morgan fingerprint density at radius 3 is 2.68 bits per heavy atom. The summed E-state index contributed by atoms with van der Waals surface area (Å²) in [6.07, 6.45) is -3.33. The number of pyridine rings is 1. The lowest BCUT2D eigenvalue weighted by Crippen LogP contribution is -2.17. The van der Waals surface area contributed by atoms with Crippen molar-refractivity contribution in [3.05, 3.63) is 17.7 Å². The molecule has 1 fully saturated rings. The van der Waals surface area contributed by atoms with Crippen molar-refractivity contribution in [1.82, 2.24) is 4.98 Å². The third kappa shape index (κ3) is 3.90. The lowest BCUT2D eigenvalue weighted by atomic mass is 10.1. The van der Waals surface area contributed by atoms with Crippen LogP contribution in [0.1, 0.15) is 12.0 Å². The first-order valence-electron chi connectivity index (χ1n) is 5.86. The number of rotatable bonds is 4. The second kappa shape index (κ2) is 5.87. The van der Waals surface area contributed by atoms with Crippen LogP contribution < -0.4 is 16.6 Å². The number of nitrogens with zero attached hydrogens (tertiary/aromatic N) is 1. The molecular formula is C11H15F3N4S. The molecule has 106 valence electrons. The predicted octanol–water partition coefficient (Wildman–Crippen LogP) is 2.55. The quantitative estimate of drug-likeness (QED) is 0.588. The Morgan fingerprint density at radius 2 is 2.11 bits per heavy atom. The smallest absolute Gasteiger partial charge is 0.370 e. The number of nitrogens with two attached hydrogens (primary N) is 1. The molecule has 1 aromatic heterocycles. The first kappa shape index (κ1) is 14.3. The highest BCUT2D eigenvalue weighted by atomic mass is 32.2. The van der Waals surface area contributed by atoms with Crippen LogP contribution in [-0.4, -0.2) is 23.0 Å². The van der Waals surface area contributed by atoms with E-state index in [9.17, 15) is 13.2 Å². The molecule has 1 aliphatic heterocycles. The van der Waals surface area contributed by atoms with Crippen LogP contribution in [-0.2, 0) is 6.18 Å². The van der Waals surface area contributed by atoms with E-state index in [1.807, 2.05) is 11.8 Å². The molecule has 1 aromatic rings. The fourth-order valence-electron chi connectivity index (χ4n) is 1.85. The molecule has 0 amide bonds. The number of nitrogen functional groups attached to an aromatic ring is 1. The first-order valence-corrected chi connectivity index (χ1v) is 7.02. The summed E-state index contributed by atoms with van der Waals surface area (Å²) in [7, 11) is 0. The van der Waals surface area contributed by atoms with E-state index in [2.05, 4.69) is 15.7 Å². The minimum atomic E-state index is -4.41. The molecule has 1 atom stereocenters. The Hall–Kier alpha value is -1.15. The number of hydrogen-bond donors (Lipinski definition) is 3. The van der Waals surface area contributed by atoms with Gasteiger partial charge in [0.05, 0.1) is 5.56 Å². The monoisotopic (exact) mass is 292 g/mol. The van der Waals surface area contributed by atoms with Crippen molar-refractivity contribution >= 4 is 23.4 Å². The molecule has 1 unspecified atom stereocenters. The van der Waals surface area contributed by atoms with Gasteiger partial charge < -0.3 is 10.7 Å². The summed E-state index contributed by atoms with van der Waals surface area (Å²) in [6, 6.07) is 1.89. The highest BCUT2D eigenvalue weighted by Gasteiger charge is 2.31. The second-order valence-corrected chi connectivity index (χ2v) is 5.53. The first-order chi connectivity index (χ1) is 8.99. The molecule has 0 radical (unpaired) electrons. The largest absolute Gasteiger partial charge is 0.416 e. The molecule has 1 saturated heterocycles. The van der Waals surface area contributed by atoms with Crippen molar-refractivity contribution < 1.29 is 13.2 Å². The third-order valence-corrected chi connectivity index (χ3v) is 4.13. The van der Waals surface area contributed by atoms with Gasteiger partial charge in [-0.2, -0.15) is 24.9 Å². The number of thioether (sulfide) groups is 1. The molecule has 19 heavy (non-hydrogen) atoms. The summed E-state index contributed by atoms with van der Waals surface area (Å²) in [4.78, 5) is 3.97. The molecule has 1 aliphatic rings. The van der Waals surface area contributed by atoms with E-state index in [1.54, 1.807) is 0 Å². The highest BCUT2D eigenvalue weighted by molar-refractivity contribution is 7.99. The molecule has 4 N–H and O–H groups in total. The van der Waals surface area contributed by atoms with Crippen molar-refractivity contribution in [2.75, 3.05) is 28.8 Å². The van der Waals surface area contributed by atoms with Crippen LogP contribution in [0.15, 0.2) is 12.1 Å². The normalized spacial score (nSPS) is 19.5. The Kier molecular flexibility index (Phi) is 4.41. The molecule has 0 saturated carbocycles. The Balaban J connectivity index is 2.10. The molecule has 0 spiro atoms. The van der Waals surface area contributed by atoms with Crippen molar-refractivity contribution in [3.63, 3.8) is 0 Å². The zero-order chi connectivity index (χ0) is 13.9. The zero-order valence-electron chi connectivity index (χ0n) is 10.1. The maximum absolute atomic E-state index is 12.7. The van der Waals surface area contributed by atoms with Gasteiger partial charge in [-0.15, -0.1) is 0 Å². The Bertz CT molecular complexity index is 432. The number of aromatic nitrogens is 1. The van der Waals surface area contributed by atoms with Crippen molar-refractivity contribution in [1.29, 1.82) is 0 Å². The highest BCUT2D eigenvalue weighted by Crippen LogP contribution is 2.32. The van der Waals surface area contributed by atoms with Crippen LogP contribution in [0.5, 0.6) is 0 Å². The Labute approximate surface area is 113 Å². The van der Waals surface area contributed by atoms with Gasteiger partial charge in [-0.1, -0.05) is 0 Å². The second-order valence-electron chi connectivity index (χ2n) is 4.38. The standard InChI is InChI=1S/C11H15F3N4S/c12-11(13,14)8-3-9(17-10(4-8)18-15)16-5-7-1-2-19-6-7/h3-4,7H,1-2,5-6,15H2,(H2,16,17,18). The SMILES string of the molecule is NNc1cc(C(F)(F)F)cc(NCC2CCSC2)n1. The van der Waals surface area contributed by atoms with E-state index in [-0.39, 0.29) is 11.6 Å². The average molecular weight is 292 g/mol. The number of halogens is 3. The fourth-order valence-corrected chi connectivity index (χ4v) is 3.14. The topological polar surface area (TPSA) is 63.0 Å². The summed E-state index contributed by atoms with van der Waals surface area (Å²) in [5.41, 5.74) is 1.39. The number of hydrazine groups is 1. The lowest BCUT2D eigenvalue weighted by molar-refractivity contribution is -0.137. The van der Waals surface area contributed by atoms with Gasteiger partial charge in [0.15, 0.2) is 0 Å². The minimum absolute atomic E-state index is 0.00174. The van der Waals surface area contributed by atoms with Crippen LogP contribution in [0.4, 0.5) is 24.8 Å². The van der Waals surface area contributed by atoms with Gasteiger partial charge in [-0.25, -0.2) is 10.8 Å². The van der Waals surface area contributed by atoms with E-state index in [0.717, 1.165) is 30.1 Å². The predicted molar refractivity (Wildman–Crippen MR) is 71.0 cm³/mol. The van der Waals surface area contributed by atoms with E-state index in [1.165, 1.54) is 0 Å². The molecule has 8 heteroatoms. The summed E-state index contributed by atoms with van der Waals surface area (Å²) >= 11 is 1.86. The molecule has 4 nitrogen and oxygen atoms in total. The molecule has 2 rings (SSSR count). The summed E-state index contributed by atoms with van der Waals surface area (Å²) in [5.74, 6) is 7.96. The van der Waals surface area contributed by atoms with Crippen LogP contribution in [0.3, 0.4) is 0 Å². The van der Waals surface area contributed by atoms with Gasteiger partial charge in [-0.05, 0) is 36.0 Å². The van der Waals surface area contributed by atoms with Crippen molar-refractivity contribution in [3.8, 4) is 0 Å². The molecule has 0 bridgehead atoms. The van der Waals surface area contributed by atoms with E-state index in [0.29, 0.717) is 12.5 Å². The van der Waals surface area contributed by atoms with E-state index >= 15 is 0 Å². The fraction of sp³-hybridized carbons (Fsp3) is 0.545. The molecule has 0 aliphatic carbocycles. The zero-order valence-corrected chi connectivity index (χ0v) is 10.9. The van der Waals surface area contributed by atoms with Gasteiger partial charge in [-0.3, -0.25) is 0 Å². The summed E-state index contributed by atoms with van der Waals surface area (Å²) in [5, 5.41) is 2.95. The third-order valence-electron chi connectivity index (χ3n) is 2.90. The maximum Gasteiger partial charge on any atom is 0.416 e. The van der Waals surface area contributed by atoms with Gasteiger partial charge in [0.1, 0.15) is 11.6 Å². The number of alkyl halides is 3. The van der Waals surface area contributed by atoms with E-state index in [4.69, 9.17) is 5.84 Å². The van der Waals surface area contributed by atoms with Crippen LogP contribution in [0.25, 0.3) is 0 Å². The number of nitrogens with one attached hydrogen (secondary N) is 2. The van der Waals surface area contributed by atoms with Crippen LogP contribution in [0.2, 0.25) is 0 Å².